The second-order valence-corrected chi connectivity index (χ2v) is 8.52. The molecule has 0 atom stereocenters. The fourth-order valence-corrected chi connectivity index (χ4v) is 3.23. The Morgan fingerprint density at radius 3 is 2.25 bits per heavy atom. The third-order valence-electron chi connectivity index (χ3n) is 3.89. The molecule has 0 saturated heterocycles. The Balaban J connectivity index is 1.68. The molecular weight excluding hydrogens is 403 g/mol. The van der Waals surface area contributed by atoms with E-state index in [4.69, 9.17) is 0 Å². The number of carbonyl (C=O) groups excluding carboxylic acids is 1. The summed E-state index contributed by atoms with van der Waals surface area (Å²) in [6.45, 7) is -0.301. The minimum Gasteiger partial charge on any atom is -0.508 e. The zero-order valence-electron chi connectivity index (χ0n) is 14.1. The molecule has 0 aliphatic carbocycles. The van der Waals surface area contributed by atoms with Crippen LogP contribution in [0.25, 0.3) is 10.8 Å². The number of aromatic hydroxyl groups is 1. The molecule has 0 heterocycles. The van der Waals surface area contributed by atoms with Crippen molar-refractivity contribution in [2.75, 3.05) is 17.2 Å². The van der Waals surface area contributed by atoms with E-state index in [9.17, 15) is 29.3 Å². The SMILES string of the molecule is O=C(CNc1ccc(S(F)(F)(F)(F)F)cc1)Nc1cccc2ccc(O)cc12. The van der Waals surface area contributed by atoms with Gasteiger partial charge in [0.2, 0.25) is 5.91 Å². The van der Waals surface area contributed by atoms with Crippen LogP contribution in [0.4, 0.5) is 30.8 Å². The fraction of sp³-hybridized carbons (Fsp3) is 0.0556. The van der Waals surface area contributed by atoms with E-state index in [1.165, 1.54) is 12.1 Å². The first-order valence-electron chi connectivity index (χ1n) is 7.91. The molecule has 0 bridgehead atoms. The number of hydrogen-bond acceptors (Lipinski definition) is 3. The number of benzene rings is 3. The zero-order valence-corrected chi connectivity index (χ0v) is 15.0. The molecule has 0 radical (unpaired) electrons. The lowest BCUT2D eigenvalue weighted by Crippen LogP contribution is -2.21. The summed E-state index contributed by atoms with van der Waals surface area (Å²) in [4.78, 5) is 10.1. The number of nitrogens with one attached hydrogen (secondary N) is 2. The van der Waals surface area contributed by atoms with Gasteiger partial charge in [-0.3, -0.25) is 4.79 Å². The van der Waals surface area contributed by atoms with Gasteiger partial charge in [-0.2, -0.15) is 0 Å². The third-order valence-corrected chi connectivity index (χ3v) is 5.06. The molecule has 10 heteroatoms. The molecule has 0 aromatic heterocycles. The molecule has 4 nitrogen and oxygen atoms in total. The van der Waals surface area contributed by atoms with Crippen molar-refractivity contribution in [1.29, 1.82) is 0 Å². The standard InChI is InChI=1S/C18H15F5N2O2S/c19-28(20,21,22,23)15-8-5-13(6-9-15)24-11-18(27)25-17-3-1-2-12-4-7-14(26)10-16(12)17/h1-10,24,26H,11H2,(H,25,27). The van der Waals surface area contributed by atoms with Gasteiger partial charge in [0.15, 0.2) is 0 Å². The Hall–Kier alpha value is -3.01. The highest BCUT2D eigenvalue weighted by atomic mass is 32.5. The van der Waals surface area contributed by atoms with Crippen LogP contribution in [0.15, 0.2) is 65.6 Å². The van der Waals surface area contributed by atoms with Crippen LogP contribution in [0.2, 0.25) is 0 Å². The minimum atomic E-state index is -9.72. The van der Waals surface area contributed by atoms with Gasteiger partial charge < -0.3 is 15.7 Å². The summed E-state index contributed by atoms with van der Waals surface area (Å²) >= 11 is 0. The number of phenolic OH excluding ortho intramolecular Hbond substituents is 1. The summed E-state index contributed by atoms with van der Waals surface area (Å²) in [6.07, 6.45) is 0. The van der Waals surface area contributed by atoms with Gasteiger partial charge in [-0.15, -0.1) is 0 Å². The predicted octanol–water partition coefficient (Wildman–Crippen LogP) is 6.25. The molecule has 0 fully saturated rings. The summed E-state index contributed by atoms with van der Waals surface area (Å²) in [5.41, 5.74) is 0.521. The molecule has 28 heavy (non-hydrogen) atoms. The molecule has 0 saturated carbocycles. The molecule has 3 aromatic rings. The molecule has 3 N–H and O–H groups in total. The number of carbonyl (C=O) groups is 1. The molecule has 0 spiro atoms. The summed E-state index contributed by atoms with van der Waals surface area (Å²) in [5.74, 6) is -0.482. The van der Waals surface area contributed by atoms with Crippen molar-refractivity contribution in [3.8, 4) is 5.75 Å². The normalized spacial score (nSPS) is 14.2. The Morgan fingerprint density at radius 2 is 1.61 bits per heavy atom. The number of fused-ring (bicyclic) bond motifs is 1. The topological polar surface area (TPSA) is 61.4 Å². The van der Waals surface area contributed by atoms with Crippen LogP contribution in [0.5, 0.6) is 5.75 Å². The van der Waals surface area contributed by atoms with E-state index < -0.39 is 21.0 Å². The number of halogens is 5. The van der Waals surface area contributed by atoms with E-state index in [1.807, 2.05) is 0 Å². The molecule has 150 valence electrons. The van der Waals surface area contributed by atoms with E-state index in [1.54, 1.807) is 24.3 Å². The number of anilines is 2. The maximum atomic E-state index is 12.7. The second-order valence-electron chi connectivity index (χ2n) is 6.11. The summed E-state index contributed by atoms with van der Waals surface area (Å²) in [7, 11) is -9.72. The molecule has 3 aromatic carbocycles. The largest absolute Gasteiger partial charge is 0.508 e. The highest BCUT2D eigenvalue weighted by Gasteiger charge is 2.65. The van der Waals surface area contributed by atoms with Gasteiger partial charge in [-0.25, -0.2) is 0 Å². The van der Waals surface area contributed by atoms with Crippen molar-refractivity contribution in [2.24, 2.45) is 0 Å². The van der Waals surface area contributed by atoms with Crippen LogP contribution in [-0.4, -0.2) is 17.6 Å². The Kier molecular flexibility index (Phi) is 4.23. The summed E-state index contributed by atoms with van der Waals surface area (Å²) in [5, 5.41) is 16.2. The van der Waals surface area contributed by atoms with Gasteiger partial charge in [0.1, 0.15) is 10.6 Å². The summed E-state index contributed by atoms with van der Waals surface area (Å²) in [6, 6.07) is 12.0. The van der Waals surface area contributed by atoms with Crippen molar-refractivity contribution in [2.45, 2.75) is 4.90 Å². The van der Waals surface area contributed by atoms with E-state index in [0.29, 0.717) is 11.1 Å². The van der Waals surface area contributed by atoms with Crippen molar-refractivity contribution < 1.29 is 29.3 Å². The Labute approximate surface area is 156 Å². The first-order valence-corrected chi connectivity index (χ1v) is 9.87. The Bertz CT molecular complexity index is 1050. The zero-order chi connectivity index (χ0) is 20.6. The number of rotatable bonds is 5. The fourth-order valence-electron chi connectivity index (χ4n) is 2.58. The molecule has 0 unspecified atom stereocenters. The van der Waals surface area contributed by atoms with Gasteiger partial charge in [0.25, 0.3) is 0 Å². The smallest absolute Gasteiger partial charge is 0.310 e. The summed E-state index contributed by atoms with van der Waals surface area (Å²) < 4.78 is 63.4. The van der Waals surface area contributed by atoms with E-state index in [2.05, 4.69) is 10.6 Å². The third kappa shape index (κ3) is 4.63. The van der Waals surface area contributed by atoms with Crippen molar-refractivity contribution >= 4 is 38.3 Å². The lowest BCUT2D eigenvalue weighted by molar-refractivity contribution is -0.114. The van der Waals surface area contributed by atoms with Crippen molar-refractivity contribution in [3.63, 3.8) is 0 Å². The van der Waals surface area contributed by atoms with Crippen molar-refractivity contribution in [1.82, 2.24) is 0 Å². The van der Waals surface area contributed by atoms with E-state index >= 15 is 0 Å². The predicted molar refractivity (Wildman–Crippen MR) is 101 cm³/mol. The van der Waals surface area contributed by atoms with Crippen LogP contribution >= 0.6 is 10.2 Å². The van der Waals surface area contributed by atoms with Crippen LogP contribution in [0, 0.1) is 0 Å². The molecule has 3 rings (SSSR count). The van der Waals surface area contributed by atoms with Gasteiger partial charge in [-0.1, -0.05) is 37.6 Å². The van der Waals surface area contributed by atoms with E-state index in [-0.39, 0.29) is 30.1 Å². The van der Waals surface area contributed by atoms with Gasteiger partial charge in [0.05, 0.1) is 6.54 Å². The van der Waals surface area contributed by atoms with Crippen LogP contribution in [0.3, 0.4) is 0 Å². The lowest BCUT2D eigenvalue weighted by atomic mass is 10.1. The second kappa shape index (κ2) is 5.99. The first-order chi connectivity index (χ1) is 12.8. The first kappa shape index (κ1) is 19.7. The van der Waals surface area contributed by atoms with Gasteiger partial charge >= 0.3 is 10.2 Å². The average molecular weight is 418 g/mol. The number of hydrogen-bond donors (Lipinski definition) is 3. The average Bonchev–Trinajstić information content (AvgIpc) is 2.59. The van der Waals surface area contributed by atoms with Crippen LogP contribution < -0.4 is 10.6 Å². The van der Waals surface area contributed by atoms with Crippen LogP contribution in [0.1, 0.15) is 0 Å². The number of amides is 1. The van der Waals surface area contributed by atoms with Gasteiger partial charge in [0, 0.05) is 16.8 Å². The highest BCUT2D eigenvalue weighted by Crippen LogP contribution is 3.02. The quantitative estimate of drug-likeness (QED) is 0.429. The maximum Gasteiger partial charge on any atom is 0.310 e. The maximum absolute atomic E-state index is 12.7. The number of phenols is 1. The minimum absolute atomic E-state index is 0.0244. The highest BCUT2D eigenvalue weighted by molar-refractivity contribution is 8.45. The molecule has 0 aliphatic rings. The van der Waals surface area contributed by atoms with Gasteiger partial charge in [-0.05, 0) is 47.9 Å². The lowest BCUT2D eigenvalue weighted by Gasteiger charge is -2.40. The van der Waals surface area contributed by atoms with Crippen molar-refractivity contribution in [3.05, 3.63) is 60.7 Å². The van der Waals surface area contributed by atoms with Crippen LogP contribution in [-0.2, 0) is 4.79 Å². The molecule has 0 aliphatic heterocycles. The molecular formula is C18H15F5N2O2S. The monoisotopic (exact) mass is 418 g/mol. The van der Waals surface area contributed by atoms with E-state index in [0.717, 1.165) is 17.5 Å². The molecule has 1 amide bonds. The Morgan fingerprint density at radius 1 is 0.929 bits per heavy atom.